The second-order valence-corrected chi connectivity index (χ2v) is 12.2. The van der Waals surface area contributed by atoms with Gasteiger partial charge in [0.1, 0.15) is 30.0 Å². The summed E-state index contributed by atoms with van der Waals surface area (Å²) in [4.78, 5) is 27.4. The molecule has 2 heterocycles. The molecule has 3 aromatic carbocycles. The van der Waals surface area contributed by atoms with Crippen molar-refractivity contribution in [3.8, 4) is 0 Å². The lowest BCUT2D eigenvalue weighted by Gasteiger charge is -2.46. The summed E-state index contributed by atoms with van der Waals surface area (Å²) in [6, 6.07) is 27.4. The van der Waals surface area contributed by atoms with E-state index in [1.807, 2.05) is 91.0 Å². The van der Waals surface area contributed by atoms with Crippen LogP contribution < -0.4 is 0 Å². The third kappa shape index (κ3) is 8.04. The van der Waals surface area contributed by atoms with E-state index in [4.69, 9.17) is 23.7 Å². The monoisotopic (exact) mass is 603 g/mol. The standard InChI is InChI=1S/C35H41NO8/c1-35(2,3)44-34(39)36-27(33(37)38)19-28-30(36)32(42-22-26-17-11-6-12-18-26)31(41-21-25-15-9-5-10-16-25)29(43-28)23-40-20-24-13-7-4-8-14-24/h4-18,27-32H,19-23H2,1-3H3,(H,37,38)/t27-,28+,29+,30-,31+,32+/m0/s1. The van der Waals surface area contributed by atoms with Crippen molar-refractivity contribution in [3.05, 3.63) is 108 Å². The number of carboxylic acid groups (broad SMARTS) is 1. The maximum Gasteiger partial charge on any atom is 0.411 e. The number of aliphatic carboxylic acids is 1. The first-order valence-electron chi connectivity index (χ1n) is 15.0. The largest absolute Gasteiger partial charge is 0.480 e. The predicted octanol–water partition coefficient (Wildman–Crippen LogP) is 5.60. The van der Waals surface area contributed by atoms with Crippen molar-refractivity contribution in [3.63, 3.8) is 0 Å². The molecular formula is C35H41NO8. The lowest BCUT2D eigenvalue weighted by atomic mass is 9.92. The second-order valence-electron chi connectivity index (χ2n) is 12.2. The van der Waals surface area contributed by atoms with Crippen molar-refractivity contribution in [2.45, 2.75) is 89.1 Å². The molecule has 2 aliphatic rings. The molecule has 0 bridgehead atoms. The molecule has 1 N–H and O–H groups in total. The number of carbonyl (C=O) groups excluding carboxylic acids is 1. The van der Waals surface area contributed by atoms with Crippen LogP contribution >= 0.6 is 0 Å². The SMILES string of the molecule is CC(C)(C)OC(=O)N1[C@@H]2[C@@H](OCc3ccccc3)[C@H](OCc3ccccc3)[C@@H](COCc3ccccc3)O[C@@H]2C[C@H]1C(=O)O. The van der Waals surface area contributed by atoms with Gasteiger partial charge in [0.2, 0.25) is 0 Å². The highest BCUT2D eigenvalue weighted by Gasteiger charge is 2.59. The summed E-state index contributed by atoms with van der Waals surface area (Å²) in [7, 11) is 0. The van der Waals surface area contributed by atoms with Crippen LogP contribution in [0.1, 0.15) is 43.9 Å². The molecule has 2 saturated heterocycles. The van der Waals surface area contributed by atoms with E-state index >= 15 is 0 Å². The number of nitrogens with zero attached hydrogens (tertiary/aromatic N) is 1. The first kappa shape index (κ1) is 31.7. The van der Waals surface area contributed by atoms with Crippen LogP contribution in [0.2, 0.25) is 0 Å². The summed E-state index contributed by atoms with van der Waals surface area (Å²) in [5.41, 5.74) is 2.08. The minimum Gasteiger partial charge on any atom is -0.480 e. The number of carbonyl (C=O) groups is 2. The Kier molecular flexibility index (Phi) is 10.3. The number of hydrogen-bond donors (Lipinski definition) is 1. The molecule has 2 fully saturated rings. The van der Waals surface area contributed by atoms with Crippen molar-refractivity contribution in [1.82, 2.24) is 4.90 Å². The molecule has 0 aliphatic carbocycles. The predicted molar refractivity (Wildman–Crippen MR) is 163 cm³/mol. The average molecular weight is 604 g/mol. The van der Waals surface area contributed by atoms with Crippen LogP contribution in [0.4, 0.5) is 4.79 Å². The Morgan fingerprint density at radius 2 is 1.30 bits per heavy atom. The van der Waals surface area contributed by atoms with Crippen LogP contribution in [0.15, 0.2) is 91.0 Å². The van der Waals surface area contributed by atoms with E-state index in [1.54, 1.807) is 20.8 Å². The van der Waals surface area contributed by atoms with Gasteiger partial charge in [0.05, 0.1) is 38.6 Å². The van der Waals surface area contributed by atoms with Gasteiger partial charge >= 0.3 is 12.1 Å². The van der Waals surface area contributed by atoms with Crippen LogP contribution in [-0.4, -0.2) is 70.8 Å². The minimum absolute atomic E-state index is 0.0883. The van der Waals surface area contributed by atoms with Gasteiger partial charge in [0.25, 0.3) is 0 Å². The third-order valence-electron chi connectivity index (χ3n) is 7.72. The van der Waals surface area contributed by atoms with Crippen LogP contribution in [0, 0.1) is 0 Å². The summed E-state index contributed by atoms with van der Waals surface area (Å²) >= 11 is 0. The molecule has 5 rings (SSSR count). The van der Waals surface area contributed by atoms with Crippen LogP contribution in [0.5, 0.6) is 0 Å². The summed E-state index contributed by atoms with van der Waals surface area (Å²) in [6.45, 7) is 6.31. The Balaban J connectivity index is 1.47. The number of likely N-dealkylation sites (tertiary alicyclic amines) is 1. The molecule has 6 atom stereocenters. The zero-order valence-corrected chi connectivity index (χ0v) is 25.4. The Hall–Kier alpha value is -3.76. The van der Waals surface area contributed by atoms with Gasteiger partial charge in [-0.25, -0.2) is 9.59 Å². The summed E-state index contributed by atoms with van der Waals surface area (Å²) in [5.74, 6) is -1.13. The molecule has 3 aromatic rings. The highest BCUT2D eigenvalue weighted by molar-refractivity contribution is 5.81. The van der Waals surface area contributed by atoms with Crippen LogP contribution in [-0.2, 0) is 48.3 Å². The zero-order chi connectivity index (χ0) is 31.1. The van der Waals surface area contributed by atoms with E-state index in [-0.39, 0.29) is 26.2 Å². The molecule has 234 valence electrons. The smallest absolute Gasteiger partial charge is 0.411 e. The fourth-order valence-corrected chi connectivity index (χ4v) is 5.79. The molecule has 1 amide bonds. The normalized spacial score (nSPS) is 24.9. The molecule has 9 heteroatoms. The van der Waals surface area contributed by atoms with Crippen molar-refractivity contribution < 1.29 is 38.4 Å². The van der Waals surface area contributed by atoms with E-state index in [9.17, 15) is 14.7 Å². The van der Waals surface area contributed by atoms with Gasteiger partial charge in [-0.05, 0) is 37.5 Å². The maximum atomic E-state index is 13.6. The third-order valence-corrected chi connectivity index (χ3v) is 7.72. The van der Waals surface area contributed by atoms with Crippen LogP contribution in [0.3, 0.4) is 0 Å². The summed E-state index contributed by atoms with van der Waals surface area (Å²) in [5, 5.41) is 10.2. The maximum absolute atomic E-state index is 13.6. The first-order chi connectivity index (χ1) is 21.2. The van der Waals surface area contributed by atoms with Crippen molar-refractivity contribution in [2.75, 3.05) is 6.61 Å². The lowest BCUT2D eigenvalue weighted by molar-refractivity contribution is -0.234. The number of benzene rings is 3. The van der Waals surface area contributed by atoms with E-state index in [0.29, 0.717) is 6.61 Å². The van der Waals surface area contributed by atoms with Gasteiger partial charge in [-0.3, -0.25) is 4.90 Å². The van der Waals surface area contributed by atoms with Crippen molar-refractivity contribution >= 4 is 12.1 Å². The number of carboxylic acids is 1. The average Bonchev–Trinajstić information content (AvgIpc) is 3.40. The van der Waals surface area contributed by atoms with Gasteiger partial charge in [0.15, 0.2) is 0 Å². The number of ether oxygens (including phenoxy) is 5. The molecule has 0 aromatic heterocycles. The molecule has 0 spiro atoms. The van der Waals surface area contributed by atoms with Gasteiger partial charge in [0, 0.05) is 6.42 Å². The summed E-state index contributed by atoms with van der Waals surface area (Å²) < 4.78 is 31.6. The van der Waals surface area contributed by atoms with Gasteiger partial charge < -0.3 is 28.8 Å². The van der Waals surface area contributed by atoms with E-state index in [1.165, 1.54) is 4.90 Å². The van der Waals surface area contributed by atoms with Crippen molar-refractivity contribution in [2.24, 2.45) is 0 Å². The minimum atomic E-state index is -1.15. The highest BCUT2D eigenvalue weighted by atomic mass is 16.6. The van der Waals surface area contributed by atoms with E-state index < -0.39 is 54.2 Å². The van der Waals surface area contributed by atoms with E-state index in [0.717, 1.165) is 16.7 Å². The molecule has 44 heavy (non-hydrogen) atoms. The van der Waals surface area contributed by atoms with Crippen LogP contribution in [0.25, 0.3) is 0 Å². The second kappa shape index (κ2) is 14.3. The molecular weight excluding hydrogens is 562 g/mol. The number of rotatable bonds is 11. The summed E-state index contributed by atoms with van der Waals surface area (Å²) in [6.07, 6.45) is -3.28. The molecule has 0 radical (unpaired) electrons. The first-order valence-corrected chi connectivity index (χ1v) is 15.0. The fourth-order valence-electron chi connectivity index (χ4n) is 5.79. The van der Waals surface area contributed by atoms with Gasteiger partial charge in [-0.2, -0.15) is 0 Å². The zero-order valence-electron chi connectivity index (χ0n) is 25.4. The quantitative estimate of drug-likeness (QED) is 0.302. The molecule has 9 nitrogen and oxygen atoms in total. The Labute approximate surface area is 258 Å². The van der Waals surface area contributed by atoms with Gasteiger partial charge in [-0.1, -0.05) is 91.0 Å². The fraction of sp³-hybridized carbons (Fsp3) is 0.429. The Morgan fingerprint density at radius 1 is 0.795 bits per heavy atom. The van der Waals surface area contributed by atoms with E-state index in [2.05, 4.69) is 0 Å². The highest BCUT2D eigenvalue weighted by Crippen LogP contribution is 2.40. The number of hydrogen-bond acceptors (Lipinski definition) is 7. The van der Waals surface area contributed by atoms with Crippen molar-refractivity contribution in [1.29, 1.82) is 0 Å². The Morgan fingerprint density at radius 3 is 1.80 bits per heavy atom. The number of fused-ring (bicyclic) bond motifs is 1. The number of amides is 1. The lowest BCUT2D eigenvalue weighted by Crippen LogP contribution is -2.64. The van der Waals surface area contributed by atoms with Gasteiger partial charge in [-0.15, -0.1) is 0 Å². The molecule has 0 saturated carbocycles. The topological polar surface area (TPSA) is 104 Å². The molecule has 2 aliphatic heterocycles. The Bertz CT molecular complexity index is 1350. The molecule has 0 unspecified atom stereocenters.